The van der Waals surface area contributed by atoms with Gasteiger partial charge in [0.2, 0.25) is 5.88 Å². The summed E-state index contributed by atoms with van der Waals surface area (Å²) in [6, 6.07) is 11.4. The van der Waals surface area contributed by atoms with Gasteiger partial charge >= 0.3 is 0 Å². The number of thioether (sulfide) groups is 1. The molecule has 0 aliphatic heterocycles. The molecule has 94 valence electrons. The van der Waals surface area contributed by atoms with Gasteiger partial charge in [-0.15, -0.1) is 11.8 Å². The van der Waals surface area contributed by atoms with E-state index in [0.29, 0.717) is 5.88 Å². The van der Waals surface area contributed by atoms with Crippen LogP contribution < -0.4 is 4.74 Å². The molecule has 0 radical (unpaired) electrons. The maximum absolute atomic E-state index is 9.38. The maximum atomic E-state index is 9.38. The van der Waals surface area contributed by atoms with E-state index in [9.17, 15) is 5.11 Å². The van der Waals surface area contributed by atoms with Gasteiger partial charge in [0, 0.05) is 17.2 Å². The molecule has 1 N–H and O–H groups in total. The molecular weight excluding hydrogens is 246 g/mol. The van der Waals surface area contributed by atoms with Crippen LogP contribution in [-0.4, -0.2) is 16.3 Å². The summed E-state index contributed by atoms with van der Waals surface area (Å²) < 4.78 is 5.61. The Hall–Kier alpha value is -1.52. The summed E-state index contributed by atoms with van der Waals surface area (Å²) in [6.45, 7) is 1.71. The van der Waals surface area contributed by atoms with Crippen molar-refractivity contribution >= 4 is 11.8 Å². The van der Waals surface area contributed by atoms with E-state index in [1.165, 1.54) is 4.90 Å². The standard InChI is InChI=1S/C14H15NO2S/c1-10(16)11-3-8-14(15-9-11)17-12-4-6-13(18-2)7-5-12/h3-10,16H,1-2H3/t10-/m0/s1. The quantitative estimate of drug-likeness (QED) is 0.853. The van der Waals surface area contributed by atoms with Crippen molar-refractivity contribution < 1.29 is 9.84 Å². The van der Waals surface area contributed by atoms with Crippen molar-refractivity contribution in [3.8, 4) is 11.6 Å². The Morgan fingerprint density at radius 3 is 2.39 bits per heavy atom. The van der Waals surface area contributed by atoms with Crippen LogP contribution in [0.2, 0.25) is 0 Å². The van der Waals surface area contributed by atoms with Crippen LogP contribution in [0, 0.1) is 0 Å². The number of nitrogens with zero attached hydrogens (tertiary/aromatic N) is 1. The number of hydrogen-bond acceptors (Lipinski definition) is 4. The summed E-state index contributed by atoms with van der Waals surface area (Å²) in [5.41, 5.74) is 0.778. The van der Waals surface area contributed by atoms with Crippen molar-refractivity contribution in [2.75, 3.05) is 6.26 Å². The monoisotopic (exact) mass is 261 g/mol. The number of ether oxygens (including phenoxy) is 1. The van der Waals surface area contributed by atoms with E-state index in [1.54, 1.807) is 30.9 Å². The highest BCUT2D eigenvalue weighted by Crippen LogP contribution is 2.23. The van der Waals surface area contributed by atoms with Gasteiger partial charge in [0.25, 0.3) is 0 Å². The highest BCUT2D eigenvalue weighted by Gasteiger charge is 2.03. The largest absolute Gasteiger partial charge is 0.439 e. The van der Waals surface area contributed by atoms with Crippen LogP contribution in [0.5, 0.6) is 11.6 Å². The lowest BCUT2D eigenvalue weighted by Gasteiger charge is -2.07. The Morgan fingerprint density at radius 1 is 1.17 bits per heavy atom. The first-order valence-corrected chi connectivity index (χ1v) is 6.87. The van der Waals surface area contributed by atoms with Crippen molar-refractivity contribution in [1.82, 2.24) is 4.98 Å². The Bertz CT molecular complexity index is 494. The van der Waals surface area contributed by atoms with Crippen LogP contribution in [0.4, 0.5) is 0 Å². The third kappa shape index (κ3) is 3.24. The van der Waals surface area contributed by atoms with Gasteiger partial charge in [0.05, 0.1) is 6.10 Å². The molecule has 0 amide bonds. The third-order valence-electron chi connectivity index (χ3n) is 2.52. The summed E-state index contributed by atoms with van der Waals surface area (Å²) in [5, 5.41) is 9.38. The Labute approximate surface area is 111 Å². The molecule has 0 fully saturated rings. The predicted octanol–water partition coefficient (Wildman–Crippen LogP) is 3.65. The van der Waals surface area contributed by atoms with Crippen LogP contribution in [0.3, 0.4) is 0 Å². The van der Waals surface area contributed by atoms with Crippen molar-refractivity contribution in [1.29, 1.82) is 0 Å². The number of aliphatic hydroxyl groups is 1. The highest BCUT2D eigenvalue weighted by atomic mass is 32.2. The van der Waals surface area contributed by atoms with E-state index in [2.05, 4.69) is 4.98 Å². The number of hydrogen-bond donors (Lipinski definition) is 1. The molecule has 2 aromatic rings. The number of benzene rings is 1. The minimum absolute atomic E-state index is 0.507. The normalized spacial score (nSPS) is 12.2. The minimum Gasteiger partial charge on any atom is -0.439 e. The molecule has 3 nitrogen and oxygen atoms in total. The second kappa shape index (κ2) is 5.89. The van der Waals surface area contributed by atoms with Crippen molar-refractivity contribution in [2.45, 2.75) is 17.9 Å². The lowest BCUT2D eigenvalue weighted by Crippen LogP contribution is -1.93. The zero-order valence-corrected chi connectivity index (χ0v) is 11.1. The highest BCUT2D eigenvalue weighted by molar-refractivity contribution is 7.98. The molecule has 1 aromatic heterocycles. The van der Waals surface area contributed by atoms with Crippen LogP contribution in [0.1, 0.15) is 18.6 Å². The van der Waals surface area contributed by atoms with Gasteiger partial charge < -0.3 is 9.84 Å². The smallest absolute Gasteiger partial charge is 0.219 e. The molecule has 0 aliphatic carbocycles. The molecule has 0 bridgehead atoms. The van der Waals surface area contributed by atoms with E-state index in [1.807, 2.05) is 36.6 Å². The zero-order valence-electron chi connectivity index (χ0n) is 10.3. The molecule has 0 saturated carbocycles. The van der Waals surface area contributed by atoms with Crippen LogP contribution in [-0.2, 0) is 0 Å². The number of pyridine rings is 1. The molecule has 0 saturated heterocycles. The van der Waals surface area contributed by atoms with Gasteiger partial charge in [-0.2, -0.15) is 0 Å². The molecule has 0 aliphatic rings. The van der Waals surface area contributed by atoms with Crippen molar-refractivity contribution in [3.05, 3.63) is 48.2 Å². The molecular formula is C14H15NO2S. The summed E-state index contributed by atoms with van der Waals surface area (Å²) >= 11 is 1.69. The lowest BCUT2D eigenvalue weighted by atomic mass is 10.2. The molecule has 0 spiro atoms. The molecule has 0 unspecified atom stereocenters. The van der Waals surface area contributed by atoms with Gasteiger partial charge in [-0.05, 0) is 49.1 Å². The summed E-state index contributed by atoms with van der Waals surface area (Å²) in [7, 11) is 0. The van der Waals surface area contributed by atoms with Crippen LogP contribution >= 0.6 is 11.8 Å². The van der Waals surface area contributed by atoms with Gasteiger partial charge in [-0.25, -0.2) is 4.98 Å². The van der Waals surface area contributed by atoms with Crippen LogP contribution in [0.25, 0.3) is 0 Å². The molecule has 1 heterocycles. The SMILES string of the molecule is CSc1ccc(Oc2ccc([C@H](C)O)cn2)cc1. The summed E-state index contributed by atoms with van der Waals surface area (Å²) in [5.74, 6) is 1.28. The number of rotatable bonds is 4. The second-order valence-corrected chi connectivity index (χ2v) is 4.76. The minimum atomic E-state index is -0.507. The fraction of sp³-hybridized carbons (Fsp3) is 0.214. The lowest BCUT2D eigenvalue weighted by molar-refractivity contribution is 0.198. The average Bonchev–Trinajstić information content (AvgIpc) is 2.40. The molecule has 18 heavy (non-hydrogen) atoms. The first kappa shape index (κ1) is 12.9. The van der Waals surface area contributed by atoms with Gasteiger partial charge in [-0.1, -0.05) is 0 Å². The van der Waals surface area contributed by atoms with E-state index in [0.717, 1.165) is 11.3 Å². The number of aromatic nitrogens is 1. The topological polar surface area (TPSA) is 42.4 Å². The zero-order chi connectivity index (χ0) is 13.0. The maximum Gasteiger partial charge on any atom is 0.219 e. The molecule has 2 rings (SSSR count). The average molecular weight is 261 g/mol. The second-order valence-electron chi connectivity index (χ2n) is 3.88. The van der Waals surface area contributed by atoms with E-state index in [-0.39, 0.29) is 0 Å². The third-order valence-corrected chi connectivity index (χ3v) is 3.27. The number of aliphatic hydroxyl groups excluding tert-OH is 1. The predicted molar refractivity (Wildman–Crippen MR) is 73.2 cm³/mol. The van der Waals surface area contributed by atoms with Gasteiger partial charge in [0.15, 0.2) is 0 Å². The molecule has 4 heteroatoms. The first-order valence-electron chi connectivity index (χ1n) is 5.65. The first-order chi connectivity index (χ1) is 8.69. The summed E-state index contributed by atoms with van der Waals surface area (Å²) in [6.07, 6.45) is 3.15. The van der Waals surface area contributed by atoms with E-state index in [4.69, 9.17) is 4.74 Å². The Morgan fingerprint density at radius 2 is 1.89 bits per heavy atom. The molecule has 1 aromatic carbocycles. The van der Waals surface area contributed by atoms with Crippen molar-refractivity contribution in [3.63, 3.8) is 0 Å². The molecule has 1 atom stereocenters. The van der Waals surface area contributed by atoms with Crippen LogP contribution in [0.15, 0.2) is 47.5 Å². The fourth-order valence-electron chi connectivity index (χ4n) is 1.46. The van der Waals surface area contributed by atoms with Crippen molar-refractivity contribution in [2.24, 2.45) is 0 Å². The van der Waals surface area contributed by atoms with E-state index >= 15 is 0 Å². The summed E-state index contributed by atoms with van der Waals surface area (Å²) in [4.78, 5) is 5.34. The fourth-order valence-corrected chi connectivity index (χ4v) is 1.87. The van der Waals surface area contributed by atoms with Gasteiger partial charge in [0.1, 0.15) is 5.75 Å². The Balaban J connectivity index is 2.08. The Kier molecular flexibility index (Phi) is 4.23. The van der Waals surface area contributed by atoms with Gasteiger partial charge in [-0.3, -0.25) is 0 Å². The van der Waals surface area contributed by atoms with E-state index < -0.39 is 6.10 Å².